The first-order chi connectivity index (χ1) is 12.9. The van der Waals surface area contributed by atoms with Gasteiger partial charge >= 0.3 is 0 Å². The lowest BCUT2D eigenvalue weighted by atomic mass is 9.88. The molecule has 2 aliphatic heterocycles. The maximum Gasteiger partial charge on any atom is 0.0454 e. The molecule has 0 amide bonds. The Balaban J connectivity index is 1.16. The van der Waals surface area contributed by atoms with Gasteiger partial charge in [0.05, 0.1) is 0 Å². The Kier molecular flexibility index (Phi) is 4.18. The molecule has 2 aromatic carbocycles. The summed E-state index contributed by atoms with van der Waals surface area (Å²) in [6, 6.07) is 17.9. The molecule has 0 unspecified atom stereocenters. The van der Waals surface area contributed by atoms with Crippen molar-refractivity contribution in [2.45, 2.75) is 31.1 Å². The van der Waals surface area contributed by atoms with E-state index in [1.54, 1.807) is 0 Å². The van der Waals surface area contributed by atoms with Crippen LogP contribution < -0.4 is 5.32 Å². The molecule has 0 saturated carbocycles. The average molecular weight is 345 g/mol. The molecular weight excluding hydrogens is 318 g/mol. The SMILES string of the molecule is c1ccc2c(c1)NC[C@H]2CCN1CCC(c2ccc3[nH]ccc3c2)CC1. The lowest BCUT2D eigenvalue weighted by molar-refractivity contribution is 0.206. The minimum Gasteiger partial charge on any atom is -0.384 e. The van der Waals surface area contributed by atoms with E-state index in [4.69, 9.17) is 0 Å². The van der Waals surface area contributed by atoms with Crippen molar-refractivity contribution in [1.82, 2.24) is 9.88 Å². The van der Waals surface area contributed by atoms with Crippen LogP contribution >= 0.6 is 0 Å². The lowest BCUT2D eigenvalue weighted by Crippen LogP contribution is -2.34. The van der Waals surface area contributed by atoms with Crippen molar-refractivity contribution in [2.24, 2.45) is 0 Å². The van der Waals surface area contributed by atoms with Gasteiger partial charge in [-0.05, 0) is 85.6 Å². The predicted octanol–water partition coefficient (Wildman–Crippen LogP) is 4.95. The van der Waals surface area contributed by atoms with E-state index in [-0.39, 0.29) is 0 Å². The summed E-state index contributed by atoms with van der Waals surface area (Å²) in [6.07, 6.45) is 5.88. The third kappa shape index (κ3) is 3.01. The second-order valence-electron chi connectivity index (χ2n) is 7.89. The molecule has 2 N–H and O–H groups in total. The van der Waals surface area contributed by atoms with Crippen LogP contribution in [0, 0.1) is 0 Å². The second-order valence-corrected chi connectivity index (χ2v) is 7.89. The van der Waals surface area contributed by atoms with Crippen molar-refractivity contribution in [1.29, 1.82) is 0 Å². The van der Waals surface area contributed by atoms with Gasteiger partial charge in [-0.3, -0.25) is 0 Å². The molecule has 3 nitrogen and oxygen atoms in total. The fourth-order valence-corrected chi connectivity index (χ4v) is 4.77. The Morgan fingerprint density at radius 1 is 1.00 bits per heavy atom. The number of para-hydroxylation sites is 1. The Labute approximate surface area is 155 Å². The zero-order valence-electron chi connectivity index (χ0n) is 15.2. The van der Waals surface area contributed by atoms with Gasteiger partial charge < -0.3 is 15.2 Å². The Hall–Kier alpha value is -2.26. The van der Waals surface area contributed by atoms with E-state index >= 15 is 0 Å². The van der Waals surface area contributed by atoms with Gasteiger partial charge in [0.15, 0.2) is 0 Å². The molecule has 26 heavy (non-hydrogen) atoms. The fraction of sp³-hybridized carbons (Fsp3) is 0.391. The van der Waals surface area contributed by atoms with Gasteiger partial charge in [-0.15, -0.1) is 0 Å². The van der Waals surface area contributed by atoms with E-state index in [1.807, 2.05) is 6.20 Å². The number of nitrogens with one attached hydrogen (secondary N) is 2. The number of aromatic nitrogens is 1. The third-order valence-electron chi connectivity index (χ3n) is 6.37. The summed E-state index contributed by atoms with van der Waals surface area (Å²) in [6.45, 7) is 4.80. The van der Waals surface area contributed by atoms with Gasteiger partial charge in [-0.2, -0.15) is 0 Å². The number of nitrogens with zero attached hydrogens (tertiary/aromatic N) is 1. The zero-order chi connectivity index (χ0) is 17.3. The van der Waals surface area contributed by atoms with Gasteiger partial charge in [-0.25, -0.2) is 0 Å². The predicted molar refractivity (Wildman–Crippen MR) is 109 cm³/mol. The number of hydrogen-bond acceptors (Lipinski definition) is 2. The van der Waals surface area contributed by atoms with E-state index in [1.165, 1.54) is 66.6 Å². The highest BCUT2D eigenvalue weighted by Gasteiger charge is 2.24. The van der Waals surface area contributed by atoms with E-state index in [2.05, 4.69) is 63.7 Å². The molecule has 5 rings (SSSR count). The summed E-state index contributed by atoms with van der Waals surface area (Å²) in [7, 11) is 0. The monoisotopic (exact) mass is 345 g/mol. The van der Waals surface area contributed by atoms with Crippen LogP contribution in [0.2, 0.25) is 0 Å². The molecule has 0 radical (unpaired) electrons. The lowest BCUT2D eigenvalue weighted by Gasteiger charge is -2.32. The van der Waals surface area contributed by atoms with Crippen molar-refractivity contribution < 1.29 is 0 Å². The fourth-order valence-electron chi connectivity index (χ4n) is 4.77. The van der Waals surface area contributed by atoms with Gasteiger partial charge in [0.1, 0.15) is 0 Å². The number of fused-ring (bicyclic) bond motifs is 2. The molecule has 1 aromatic heterocycles. The summed E-state index contributed by atoms with van der Waals surface area (Å²) >= 11 is 0. The van der Waals surface area contributed by atoms with Crippen LogP contribution in [-0.2, 0) is 0 Å². The summed E-state index contributed by atoms with van der Waals surface area (Å²) in [5.41, 5.74) is 5.63. The van der Waals surface area contributed by atoms with Crippen LogP contribution in [0.4, 0.5) is 5.69 Å². The summed E-state index contributed by atoms with van der Waals surface area (Å²) in [5.74, 6) is 1.40. The third-order valence-corrected chi connectivity index (χ3v) is 6.37. The van der Waals surface area contributed by atoms with Crippen molar-refractivity contribution in [2.75, 3.05) is 31.5 Å². The second kappa shape index (κ2) is 6.81. The van der Waals surface area contributed by atoms with Crippen molar-refractivity contribution in [3.63, 3.8) is 0 Å². The highest BCUT2D eigenvalue weighted by molar-refractivity contribution is 5.80. The molecule has 0 aliphatic carbocycles. The van der Waals surface area contributed by atoms with E-state index < -0.39 is 0 Å². The van der Waals surface area contributed by atoms with Crippen LogP contribution in [0.25, 0.3) is 10.9 Å². The molecule has 1 saturated heterocycles. The van der Waals surface area contributed by atoms with Crippen molar-refractivity contribution >= 4 is 16.6 Å². The molecule has 2 aliphatic rings. The van der Waals surface area contributed by atoms with Crippen molar-refractivity contribution in [3.05, 3.63) is 65.9 Å². The Morgan fingerprint density at radius 2 is 1.88 bits per heavy atom. The highest BCUT2D eigenvalue weighted by atomic mass is 15.1. The minimum absolute atomic E-state index is 0.680. The number of rotatable bonds is 4. The Morgan fingerprint density at radius 3 is 2.81 bits per heavy atom. The average Bonchev–Trinajstić information content (AvgIpc) is 3.33. The first kappa shape index (κ1) is 16.0. The molecule has 3 heteroatoms. The quantitative estimate of drug-likeness (QED) is 0.701. The number of likely N-dealkylation sites (tertiary alicyclic amines) is 1. The van der Waals surface area contributed by atoms with Gasteiger partial charge in [0.2, 0.25) is 0 Å². The molecule has 1 fully saturated rings. The van der Waals surface area contributed by atoms with E-state index in [0.717, 1.165) is 12.5 Å². The van der Waals surface area contributed by atoms with Gasteiger partial charge in [0.25, 0.3) is 0 Å². The normalized spacial score (nSPS) is 21.0. The van der Waals surface area contributed by atoms with Crippen LogP contribution in [0.1, 0.15) is 42.2 Å². The number of H-pyrrole nitrogens is 1. The Bertz CT molecular complexity index is 889. The largest absolute Gasteiger partial charge is 0.384 e. The number of aromatic amines is 1. The van der Waals surface area contributed by atoms with Gasteiger partial charge in [0, 0.05) is 29.9 Å². The molecule has 1 atom stereocenters. The van der Waals surface area contributed by atoms with Crippen molar-refractivity contribution in [3.8, 4) is 0 Å². The first-order valence-corrected chi connectivity index (χ1v) is 9.99. The van der Waals surface area contributed by atoms with Crippen LogP contribution in [0.3, 0.4) is 0 Å². The number of benzene rings is 2. The van der Waals surface area contributed by atoms with E-state index in [0.29, 0.717) is 5.92 Å². The molecular formula is C23H27N3. The van der Waals surface area contributed by atoms with E-state index in [9.17, 15) is 0 Å². The smallest absolute Gasteiger partial charge is 0.0454 e. The topological polar surface area (TPSA) is 31.1 Å². The highest BCUT2D eigenvalue weighted by Crippen LogP contribution is 2.34. The molecule has 3 heterocycles. The molecule has 3 aromatic rings. The summed E-state index contributed by atoms with van der Waals surface area (Å²) in [4.78, 5) is 5.97. The van der Waals surface area contributed by atoms with Crippen LogP contribution in [-0.4, -0.2) is 36.1 Å². The maximum atomic E-state index is 3.56. The summed E-state index contributed by atoms with van der Waals surface area (Å²) < 4.78 is 0. The number of hydrogen-bond donors (Lipinski definition) is 2. The maximum absolute atomic E-state index is 3.56. The van der Waals surface area contributed by atoms with Crippen LogP contribution in [0.15, 0.2) is 54.7 Å². The van der Waals surface area contributed by atoms with Gasteiger partial charge in [-0.1, -0.05) is 24.3 Å². The molecule has 0 bridgehead atoms. The molecule has 0 spiro atoms. The number of anilines is 1. The number of piperidine rings is 1. The van der Waals surface area contributed by atoms with Crippen LogP contribution in [0.5, 0.6) is 0 Å². The molecule has 134 valence electrons. The minimum atomic E-state index is 0.680. The zero-order valence-corrected chi connectivity index (χ0v) is 15.2. The standard InChI is InChI=1S/C23H27N3/c1-2-4-23-21(3-1)20(16-25-23)10-14-26-12-8-17(9-13-26)18-5-6-22-19(15-18)7-11-24-22/h1-7,11,15,17,20,24-25H,8-10,12-14,16H2/t20-/m1/s1. The first-order valence-electron chi connectivity index (χ1n) is 9.99. The summed E-state index contributed by atoms with van der Waals surface area (Å²) in [5, 5.41) is 4.90.